The number of amides is 1. The summed E-state index contributed by atoms with van der Waals surface area (Å²) in [7, 11) is -3.54. The molecule has 4 N–H and O–H groups in total. The minimum absolute atomic E-state index is 0.0649. The Kier molecular flexibility index (Phi) is 6.54. The number of rotatable bonds is 8. The van der Waals surface area contributed by atoms with Crippen molar-refractivity contribution in [1.82, 2.24) is 15.0 Å². The van der Waals surface area contributed by atoms with Gasteiger partial charge in [-0.3, -0.25) is 14.5 Å². The average molecular weight is 485 g/mol. The number of fused-ring (bicyclic) bond motifs is 1. The molecule has 0 aliphatic carbocycles. The van der Waals surface area contributed by atoms with E-state index < -0.39 is 40.6 Å². The molecule has 0 aromatic carbocycles. The molecule has 3 aromatic rings. The number of halogens is 3. The summed E-state index contributed by atoms with van der Waals surface area (Å²) in [5.41, 5.74) is 7.14. The van der Waals surface area contributed by atoms with E-state index >= 15 is 0 Å². The monoisotopic (exact) mass is 484 g/mol. The highest BCUT2D eigenvalue weighted by Crippen LogP contribution is 2.33. The standard InChI is InChI=1S/C20H23F3N6O3S/c1-11(2)17(18(24)30)29(10-20(21,22)23)14-4-12(6-25-8-14)16-9-27-19-15(16)5-13(7-26-19)28-33(3,31)32/h4-9,11,17,28H,10H2,1-3H3,(H2,24,30)(H,26,27)/t17-/m1/s1. The van der Waals surface area contributed by atoms with E-state index in [-0.39, 0.29) is 11.4 Å². The molecule has 178 valence electrons. The first-order valence-corrected chi connectivity index (χ1v) is 11.7. The number of carbonyl (C=O) groups is 1. The van der Waals surface area contributed by atoms with Gasteiger partial charge in [0.25, 0.3) is 0 Å². The number of nitrogens with one attached hydrogen (secondary N) is 2. The number of hydrogen-bond acceptors (Lipinski definition) is 6. The molecule has 0 saturated carbocycles. The summed E-state index contributed by atoms with van der Waals surface area (Å²) in [4.78, 5) is 24.1. The fourth-order valence-corrected chi connectivity index (χ4v) is 4.17. The number of hydrogen-bond donors (Lipinski definition) is 3. The fourth-order valence-electron chi connectivity index (χ4n) is 3.63. The van der Waals surface area contributed by atoms with Crippen molar-refractivity contribution in [3.05, 3.63) is 36.9 Å². The number of nitrogens with zero attached hydrogens (tertiary/aromatic N) is 3. The Labute approximate surface area is 188 Å². The van der Waals surface area contributed by atoms with E-state index in [1.165, 1.54) is 24.7 Å². The lowest BCUT2D eigenvalue weighted by Crippen LogP contribution is -2.51. The Bertz CT molecular complexity index is 1270. The summed E-state index contributed by atoms with van der Waals surface area (Å²) in [5.74, 6) is -1.37. The first-order valence-electron chi connectivity index (χ1n) is 9.78. The van der Waals surface area contributed by atoms with E-state index in [0.717, 1.165) is 11.2 Å². The number of nitrogens with two attached hydrogens (primary N) is 1. The van der Waals surface area contributed by atoms with Gasteiger partial charge in [0.1, 0.15) is 18.2 Å². The SMILES string of the molecule is CC(C)[C@H](C(N)=O)N(CC(F)(F)F)c1cncc(-c2c[nH]c3ncc(NS(C)(=O)=O)cc23)c1. The molecule has 33 heavy (non-hydrogen) atoms. The van der Waals surface area contributed by atoms with Crippen molar-refractivity contribution in [1.29, 1.82) is 0 Å². The first kappa shape index (κ1) is 24.3. The summed E-state index contributed by atoms with van der Waals surface area (Å²) < 4.78 is 65.5. The van der Waals surface area contributed by atoms with E-state index in [0.29, 0.717) is 22.2 Å². The highest BCUT2D eigenvalue weighted by Gasteiger charge is 2.37. The largest absolute Gasteiger partial charge is 0.405 e. The van der Waals surface area contributed by atoms with Crippen molar-refractivity contribution < 1.29 is 26.4 Å². The second-order valence-corrected chi connectivity index (χ2v) is 9.71. The van der Waals surface area contributed by atoms with Gasteiger partial charge in [-0.1, -0.05) is 13.8 Å². The van der Waals surface area contributed by atoms with Crippen LogP contribution in [0.3, 0.4) is 0 Å². The van der Waals surface area contributed by atoms with E-state index in [2.05, 4.69) is 19.7 Å². The number of H-pyrrole nitrogens is 1. The molecule has 0 unspecified atom stereocenters. The molecular formula is C20H23F3N6O3S. The van der Waals surface area contributed by atoms with Crippen LogP contribution in [0.15, 0.2) is 36.9 Å². The predicted molar refractivity (Wildman–Crippen MR) is 119 cm³/mol. The molecule has 0 aliphatic rings. The number of sulfonamides is 1. The second kappa shape index (κ2) is 8.89. The van der Waals surface area contributed by atoms with Crippen molar-refractivity contribution in [3.63, 3.8) is 0 Å². The van der Waals surface area contributed by atoms with Gasteiger partial charge in [0.05, 0.1) is 30.0 Å². The fraction of sp³-hybridized carbons (Fsp3) is 0.350. The lowest BCUT2D eigenvalue weighted by atomic mass is 10.0. The van der Waals surface area contributed by atoms with Crippen molar-refractivity contribution >= 4 is 38.3 Å². The summed E-state index contributed by atoms with van der Waals surface area (Å²) >= 11 is 0. The normalized spacial score (nSPS) is 13.3. The maximum absolute atomic E-state index is 13.4. The van der Waals surface area contributed by atoms with Gasteiger partial charge in [-0.25, -0.2) is 13.4 Å². The van der Waals surface area contributed by atoms with Crippen LogP contribution in [0, 0.1) is 5.92 Å². The molecule has 13 heteroatoms. The van der Waals surface area contributed by atoms with Crippen LogP contribution >= 0.6 is 0 Å². The third kappa shape index (κ3) is 5.92. The summed E-state index contributed by atoms with van der Waals surface area (Å²) in [6, 6.07) is 1.81. The molecule has 0 aliphatic heterocycles. The quantitative estimate of drug-likeness (QED) is 0.450. The number of alkyl halides is 3. The molecule has 0 saturated heterocycles. The summed E-state index contributed by atoms with van der Waals surface area (Å²) in [5, 5.41) is 0.528. The van der Waals surface area contributed by atoms with Crippen molar-refractivity contribution in [2.45, 2.75) is 26.1 Å². The third-order valence-corrected chi connectivity index (χ3v) is 5.42. The predicted octanol–water partition coefficient (Wildman–Crippen LogP) is 2.88. The minimum atomic E-state index is -4.59. The van der Waals surface area contributed by atoms with Crippen LogP contribution in [-0.2, 0) is 14.8 Å². The van der Waals surface area contributed by atoms with Gasteiger partial charge in [-0.05, 0) is 18.1 Å². The minimum Gasteiger partial charge on any atom is -0.368 e. The number of pyridine rings is 2. The molecule has 1 amide bonds. The molecule has 1 atom stereocenters. The molecular weight excluding hydrogens is 461 g/mol. The number of aromatic nitrogens is 3. The van der Waals surface area contributed by atoms with Crippen LogP contribution < -0.4 is 15.4 Å². The molecule has 9 nitrogen and oxygen atoms in total. The lowest BCUT2D eigenvalue weighted by molar-refractivity contribution is -0.126. The van der Waals surface area contributed by atoms with Crippen molar-refractivity contribution in [2.75, 3.05) is 22.4 Å². The number of primary amides is 1. The van der Waals surface area contributed by atoms with Gasteiger partial charge in [0, 0.05) is 28.9 Å². The Morgan fingerprint density at radius 2 is 1.94 bits per heavy atom. The number of aromatic amines is 1. The molecule has 0 spiro atoms. The maximum Gasteiger partial charge on any atom is 0.405 e. The van der Waals surface area contributed by atoms with Gasteiger partial charge in [-0.15, -0.1) is 0 Å². The van der Waals surface area contributed by atoms with Crippen LogP contribution in [0.1, 0.15) is 13.8 Å². The number of anilines is 2. The van der Waals surface area contributed by atoms with Gasteiger partial charge in [0.2, 0.25) is 15.9 Å². The van der Waals surface area contributed by atoms with E-state index in [9.17, 15) is 26.4 Å². The topological polar surface area (TPSA) is 134 Å². The third-order valence-electron chi connectivity index (χ3n) is 4.81. The van der Waals surface area contributed by atoms with E-state index in [1.54, 1.807) is 26.1 Å². The van der Waals surface area contributed by atoms with Crippen LogP contribution in [0.2, 0.25) is 0 Å². The first-order chi connectivity index (χ1) is 15.2. The van der Waals surface area contributed by atoms with Gasteiger partial charge in [-0.2, -0.15) is 13.2 Å². The zero-order chi connectivity index (χ0) is 24.6. The Balaban J connectivity index is 2.10. The molecule has 3 aromatic heterocycles. The molecule has 0 radical (unpaired) electrons. The van der Waals surface area contributed by atoms with Crippen LogP contribution in [0.25, 0.3) is 22.2 Å². The van der Waals surface area contributed by atoms with Gasteiger partial charge >= 0.3 is 6.18 Å². The molecule has 3 heterocycles. The Hall–Kier alpha value is -3.35. The highest BCUT2D eigenvalue weighted by atomic mass is 32.2. The van der Waals surface area contributed by atoms with E-state index in [4.69, 9.17) is 5.73 Å². The second-order valence-electron chi connectivity index (χ2n) is 7.96. The Morgan fingerprint density at radius 3 is 2.52 bits per heavy atom. The van der Waals surface area contributed by atoms with Crippen LogP contribution in [-0.4, -0.2) is 54.3 Å². The zero-order valence-electron chi connectivity index (χ0n) is 18.0. The summed E-state index contributed by atoms with van der Waals surface area (Å²) in [6.45, 7) is 1.83. The summed E-state index contributed by atoms with van der Waals surface area (Å²) in [6.07, 6.45) is 2.02. The lowest BCUT2D eigenvalue weighted by Gasteiger charge is -2.34. The smallest absolute Gasteiger partial charge is 0.368 e. The van der Waals surface area contributed by atoms with Crippen LogP contribution in [0.4, 0.5) is 24.5 Å². The van der Waals surface area contributed by atoms with Gasteiger partial charge < -0.3 is 15.6 Å². The molecule has 0 fully saturated rings. The highest BCUT2D eigenvalue weighted by molar-refractivity contribution is 7.92. The Morgan fingerprint density at radius 1 is 1.24 bits per heavy atom. The maximum atomic E-state index is 13.4. The zero-order valence-corrected chi connectivity index (χ0v) is 18.8. The van der Waals surface area contributed by atoms with Gasteiger partial charge in [0.15, 0.2) is 0 Å². The van der Waals surface area contributed by atoms with Crippen LogP contribution in [0.5, 0.6) is 0 Å². The molecule has 3 rings (SSSR count). The van der Waals surface area contributed by atoms with Crippen molar-refractivity contribution in [2.24, 2.45) is 11.7 Å². The number of carbonyl (C=O) groups excluding carboxylic acids is 1. The molecule has 0 bridgehead atoms. The van der Waals surface area contributed by atoms with E-state index in [1.807, 2.05) is 0 Å². The van der Waals surface area contributed by atoms with Crippen molar-refractivity contribution in [3.8, 4) is 11.1 Å². The average Bonchev–Trinajstić information content (AvgIpc) is 3.08.